The fourth-order valence-electron chi connectivity index (χ4n) is 5.94. The molecule has 4 atom stereocenters. The summed E-state index contributed by atoms with van der Waals surface area (Å²) in [6.07, 6.45) is -1.48. The third-order valence-electron chi connectivity index (χ3n) is 7.20. The van der Waals surface area contributed by atoms with Crippen LogP contribution in [0.2, 0.25) is 0 Å². The van der Waals surface area contributed by atoms with E-state index < -0.39 is 47.4 Å². The second-order valence-corrected chi connectivity index (χ2v) is 10.6. The minimum absolute atomic E-state index is 0.120. The maximum Gasteiger partial charge on any atom is 0.292 e. The number of amides is 3. The number of aromatic nitrogens is 1. The highest BCUT2D eigenvalue weighted by Crippen LogP contribution is 2.50. The van der Waals surface area contributed by atoms with E-state index in [4.69, 9.17) is 9.26 Å². The van der Waals surface area contributed by atoms with Gasteiger partial charge >= 0.3 is 0 Å². The zero-order valence-electron chi connectivity index (χ0n) is 18.9. The van der Waals surface area contributed by atoms with Crippen molar-refractivity contribution in [2.45, 2.75) is 44.9 Å². The molecule has 4 aliphatic heterocycles. The van der Waals surface area contributed by atoms with Crippen molar-refractivity contribution >= 4 is 57.1 Å². The van der Waals surface area contributed by atoms with Gasteiger partial charge < -0.3 is 14.2 Å². The fourth-order valence-corrected chi connectivity index (χ4v) is 6.64. The number of imide groups is 1. The number of rotatable bonds is 1. The highest BCUT2D eigenvalue weighted by Gasteiger charge is 2.62. The third kappa shape index (κ3) is 2.95. The number of fused-ring (bicyclic) bond motifs is 5. The van der Waals surface area contributed by atoms with Crippen molar-refractivity contribution < 1.29 is 32.8 Å². The molecule has 0 bridgehead atoms. The molecule has 0 radical (unpaired) electrons. The Morgan fingerprint density at radius 1 is 1.29 bits per heavy atom. The molecule has 0 saturated carbocycles. The zero-order chi connectivity index (χ0) is 24.8. The molecule has 1 aromatic carbocycles. The van der Waals surface area contributed by atoms with E-state index in [1.165, 1.54) is 4.90 Å². The number of carbonyl (C=O) groups is 4. The predicted octanol–water partition coefficient (Wildman–Crippen LogP) is 2.29. The van der Waals surface area contributed by atoms with Gasteiger partial charge in [0.2, 0.25) is 17.4 Å². The van der Waals surface area contributed by atoms with Gasteiger partial charge in [-0.05, 0) is 43.7 Å². The third-order valence-corrected chi connectivity index (χ3v) is 8.01. The summed E-state index contributed by atoms with van der Waals surface area (Å²) in [4.78, 5) is 54.8. The summed E-state index contributed by atoms with van der Waals surface area (Å²) in [5, 5.41) is 6.23. The van der Waals surface area contributed by atoms with Crippen LogP contribution in [-0.2, 0) is 25.5 Å². The Kier molecular flexibility index (Phi) is 4.68. The lowest BCUT2D eigenvalue weighted by molar-refractivity contribution is -0.158. The van der Waals surface area contributed by atoms with E-state index in [9.17, 15) is 19.2 Å². The first-order chi connectivity index (χ1) is 16.6. The van der Waals surface area contributed by atoms with Crippen LogP contribution in [0.15, 0.2) is 22.1 Å². The lowest BCUT2D eigenvalue weighted by Gasteiger charge is -2.55. The van der Waals surface area contributed by atoms with Gasteiger partial charge in [-0.25, -0.2) is 4.39 Å². The number of nitrogens with one attached hydrogen (secondary N) is 1. The first-order valence-electron chi connectivity index (χ1n) is 11.2. The molecule has 3 amide bonds. The van der Waals surface area contributed by atoms with Crippen molar-refractivity contribution in [3.63, 3.8) is 0 Å². The number of nitrogens with zero attached hydrogens (tertiary/aromatic N) is 3. The van der Waals surface area contributed by atoms with Gasteiger partial charge in [-0.15, -0.1) is 0 Å². The van der Waals surface area contributed by atoms with Crippen molar-refractivity contribution in [1.29, 1.82) is 0 Å². The van der Waals surface area contributed by atoms with Gasteiger partial charge in [0.25, 0.3) is 5.24 Å². The number of ketones is 1. The van der Waals surface area contributed by atoms with Gasteiger partial charge in [-0.3, -0.25) is 29.4 Å². The predicted molar refractivity (Wildman–Crippen MR) is 123 cm³/mol. The average Bonchev–Trinajstić information content (AvgIpc) is 3.33. The Labute approximate surface area is 202 Å². The van der Waals surface area contributed by atoms with E-state index >= 15 is 4.39 Å². The molecule has 6 rings (SSSR count). The number of Topliss-reactive ketones (excluding diaryl/α,β-unsaturated/α-hetero) is 1. The van der Waals surface area contributed by atoms with Crippen LogP contribution in [0.4, 0.5) is 20.7 Å². The van der Waals surface area contributed by atoms with Crippen LogP contribution >= 0.6 is 11.8 Å². The largest absolute Gasteiger partial charge is 0.372 e. The minimum Gasteiger partial charge on any atom is -0.372 e. The summed E-state index contributed by atoms with van der Waals surface area (Å²) in [5.74, 6) is -2.43. The van der Waals surface area contributed by atoms with Crippen LogP contribution in [0, 0.1) is 11.2 Å². The highest BCUT2D eigenvalue weighted by atomic mass is 32.2. The molecule has 182 valence electrons. The van der Waals surface area contributed by atoms with Gasteiger partial charge in [-0.1, -0.05) is 11.7 Å². The van der Waals surface area contributed by atoms with E-state index in [1.54, 1.807) is 17.9 Å². The first kappa shape index (κ1) is 22.2. The van der Waals surface area contributed by atoms with Gasteiger partial charge in [0.1, 0.15) is 5.41 Å². The van der Waals surface area contributed by atoms with Gasteiger partial charge in [0.15, 0.2) is 17.4 Å². The highest BCUT2D eigenvalue weighted by molar-refractivity contribution is 8.17. The molecule has 3 fully saturated rings. The van der Waals surface area contributed by atoms with Crippen LogP contribution in [0.1, 0.15) is 25.8 Å². The van der Waals surface area contributed by atoms with Crippen molar-refractivity contribution in [3.8, 4) is 0 Å². The van der Waals surface area contributed by atoms with Gasteiger partial charge in [0, 0.05) is 11.4 Å². The Hall–Kier alpha value is -3.25. The van der Waals surface area contributed by atoms with Crippen molar-refractivity contribution in [2.75, 3.05) is 22.9 Å². The van der Waals surface area contributed by atoms with Crippen LogP contribution in [0.3, 0.4) is 0 Å². The average molecular weight is 501 g/mol. The van der Waals surface area contributed by atoms with Crippen molar-refractivity contribution in [2.24, 2.45) is 5.41 Å². The number of thioether (sulfide) groups is 1. The molecule has 1 unspecified atom stereocenters. The molecule has 5 heterocycles. The second kappa shape index (κ2) is 7.37. The van der Waals surface area contributed by atoms with E-state index in [1.807, 2.05) is 6.92 Å². The Morgan fingerprint density at radius 3 is 2.74 bits per heavy atom. The molecule has 1 N–H and O–H groups in total. The Bertz CT molecular complexity index is 1350. The van der Waals surface area contributed by atoms with Crippen LogP contribution in [0.25, 0.3) is 11.0 Å². The number of ether oxygens (including phenoxy) is 1. The summed E-state index contributed by atoms with van der Waals surface area (Å²) in [6.45, 7) is 7.81. The molecule has 0 aliphatic carbocycles. The van der Waals surface area contributed by atoms with Gasteiger partial charge in [0.05, 0.1) is 42.3 Å². The summed E-state index contributed by atoms with van der Waals surface area (Å²) in [6, 6.07) is 0.805. The quantitative estimate of drug-likeness (QED) is 0.464. The molecule has 1 aromatic heterocycles. The topological polar surface area (TPSA) is 122 Å². The molecular formula is C23H21FN4O6S. The zero-order valence-corrected chi connectivity index (χ0v) is 19.7. The Balaban J connectivity index is 1.58. The summed E-state index contributed by atoms with van der Waals surface area (Å²) < 4.78 is 27.4. The van der Waals surface area contributed by atoms with Crippen LogP contribution in [0.5, 0.6) is 0 Å². The number of hydrogen-bond donors (Lipinski definition) is 1. The fraction of sp³-hybridized carbons (Fsp3) is 0.435. The number of benzene rings is 1. The lowest BCUT2D eigenvalue weighted by Crippen LogP contribution is -2.72. The standard InChI is InChI=1S/C23H21FN4O6S/c1-9-7-27-17-12(6-23(19(27)11(3)33-9)14(29)5-15(30)25-21(23)31)4-13-18(16(17)24)34-26-20(13)28-8-10(2)35-22(28)32/h4,9,11,19H,2,5-8H2,1,3H3,(H,25,30,31)/t9-,11+,19-,23?/m1/s1. The van der Waals surface area contributed by atoms with Crippen molar-refractivity contribution in [1.82, 2.24) is 10.5 Å². The number of carbonyl (C=O) groups excluding carboxylic acids is 4. The molecule has 12 heteroatoms. The first-order valence-corrected chi connectivity index (χ1v) is 12.0. The SMILES string of the molecule is C=C1CN(c2noc3c(F)c4c(cc23)CC2(C(=O)CC(=O)NC2=O)[C@H]2[C@H](C)O[C@H](C)CN42)C(=O)S1. The van der Waals surface area contributed by atoms with E-state index in [0.29, 0.717) is 10.5 Å². The van der Waals surface area contributed by atoms with Crippen LogP contribution in [-0.4, -0.2) is 59.3 Å². The van der Waals surface area contributed by atoms with E-state index in [-0.39, 0.29) is 53.3 Å². The summed E-state index contributed by atoms with van der Waals surface area (Å²) in [7, 11) is 0. The second-order valence-electron chi connectivity index (χ2n) is 9.45. The number of anilines is 2. The molecule has 10 nitrogen and oxygen atoms in total. The number of halogens is 1. The van der Waals surface area contributed by atoms with Gasteiger partial charge in [-0.2, -0.15) is 0 Å². The molecule has 2 aromatic rings. The molecule has 4 aliphatic rings. The lowest BCUT2D eigenvalue weighted by atomic mass is 9.63. The number of hydrogen-bond acceptors (Lipinski definition) is 9. The molecular weight excluding hydrogens is 479 g/mol. The van der Waals surface area contributed by atoms with Crippen molar-refractivity contribution in [3.05, 3.63) is 28.9 Å². The maximum atomic E-state index is 16.1. The van der Waals surface area contributed by atoms with Crippen LogP contribution < -0.4 is 15.1 Å². The smallest absolute Gasteiger partial charge is 0.292 e. The van der Waals surface area contributed by atoms with E-state index in [2.05, 4.69) is 17.1 Å². The molecule has 3 saturated heterocycles. The number of piperidine rings is 1. The maximum absolute atomic E-state index is 16.1. The molecule has 35 heavy (non-hydrogen) atoms. The summed E-state index contributed by atoms with van der Waals surface area (Å²) >= 11 is 0.967. The number of morpholine rings is 1. The monoisotopic (exact) mass is 500 g/mol. The Morgan fingerprint density at radius 2 is 2.06 bits per heavy atom. The summed E-state index contributed by atoms with van der Waals surface area (Å²) in [5.41, 5.74) is -1.15. The normalized spacial score (nSPS) is 30.8. The van der Waals surface area contributed by atoms with E-state index in [0.717, 1.165) is 11.8 Å². The minimum atomic E-state index is -1.63. The molecule has 1 spiro atoms.